The van der Waals surface area contributed by atoms with Crippen molar-refractivity contribution in [1.29, 1.82) is 0 Å². The number of amides is 1. The van der Waals surface area contributed by atoms with Crippen molar-refractivity contribution in [2.75, 3.05) is 5.75 Å². The first-order valence-corrected chi connectivity index (χ1v) is 10.5. The molecule has 0 bridgehead atoms. The average molecular weight is 462 g/mol. The maximum absolute atomic E-state index is 12.5. The van der Waals surface area contributed by atoms with Crippen LogP contribution in [-0.4, -0.2) is 26.7 Å². The molecule has 0 atom stereocenters. The molecule has 2 aromatic rings. The Morgan fingerprint density at radius 3 is 2.59 bits per heavy atom. The van der Waals surface area contributed by atoms with Gasteiger partial charge in [0.25, 0.3) is 5.91 Å². The third-order valence-corrected chi connectivity index (χ3v) is 6.08. The fraction of sp³-hybridized carbons (Fsp3) is 0.278. The summed E-state index contributed by atoms with van der Waals surface area (Å²) in [5.74, 6) is -0.761. The minimum Gasteiger partial charge on any atom is -0.434 e. The molecule has 0 unspecified atom stereocenters. The second kappa shape index (κ2) is 9.27. The van der Waals surface area contributed by atoms with Crippen LogP contribution in [0.1, 0.15) is 29.3 Å². The molecule has 1 N–H and O–H groups in total. The molecule has 0 aliphatic rings. The van der Waals surface area contributed by atoms with E-state index in [1.807, 2.05) is 0 Å². The Balaban J connectivity index is 2.24. The third-order valence-electron chi connectivity index (χ3n) is 3.62. The van der Waals surface area contributed by atoms with E-state index in [1.165, 1.54) is 30.3 Å². The van der Waals surface area contributed by atoms with Crippen LogP contribution >= 0.6 is 15.9 Å². The zero-order valence-electron chi connectivity index (χ0n) is 14.4. The maximum Gasteiger partial charge on any atom is 0.387 e. The highest BCUT2D eigenvalue weighted by atomic mass is 79.9. The first-order chi connectivity index (χ1) is 12.7. The van der Waals surface area contributed by atoms with Crippen molar-refractivity contribution in [3.8, 4) is 5.75 Å². The van der Waals surface area contributed by atoms with Gasteiger partial charge in [-0.05, 0) is 36.8 Å². The van der Waals surface area contributed by atoms with E-state index in [0.717, 1.165) is 0 Å². The predicted octanol–water partition coefficient (Wildman–Crippen LogP) is 4.16. The molecule has 5 nitrogen and oxygen atoms in total. The number of hydrogen-bond acceptors (Lipinski definition) is 4. The number of rotatable bonds is 8. The molecule has 2 aromatic carbocycles. The van der Waals surface area contributed by atoms with Crippen molar-refractivity contribution < 1.29 is 26.7 Å². The molecule has 1 amide bonds. The summed E-state index contributed by atoms with van der Waals surface area (Å²) < 4.78 is 54.9. The van der Waals surface area contributed by atoms with Crippen molar-refractivity contribution in [3.05, 3.63) is 58.1 Å². The summed E-state index contributed by atoms with van der Waals surface area (Å²) in [4.78, 5) is 12.5. The zero-order chi connectivity index (χ0) is 20.0. The summed E-state index contributed by atoms with van der Waals surface area (Å²) in [6.45, 7) is -1.37. The molecular formula is C18H18BrF2NO4S. The highest BCUT2D eigenvalue weighted by Crippen LogP contribution is 2.25. The van der Waals surface area contributed by atoms with Crippen LogP contribution in [0, 0.1) is 0 Å². The second-order valence-corrected chi connectivity index (χ2v) is 8.62. The van der Waals surface area contributed by atoms with E-state index in [4.69, 9.17) is 0 Å². The normalized spacial score (nSPS) is 11.4. The summed E-state index contributed by atoms with van der Waals surface area (Å²) >= 11 is 3.23. The van der Waals surface area contributed by atoms with Crippen LogP contribution in [0.5, 0.6) is 5.75 Å². The van der Waals surface area contributed by atoms with Gasteiger partial charge in [0.15, 0.2) is 9.84 Å². The highest BCUT2D eigenvalue weighted by Gasteiger charge is 2.21. The van der Waals surface area contributed by atoms with Gasteiger partial charge in [0.2, 0.25) is 0 Å². The van der Waals surface area contributed by atoms with Crippen LogP contribution in [0.2, 0.25) is 0 Å². The molecule has 0 fully saturated rings. The lowest BCUT2D eigenvalue weighted by Gasteiger charge is -2.13. The van der Waals surface area contributed by atoms with Gasteiger partial charge in [0.05, 0.1) is 16.2 Å². The molecule has 0 radical (unpaired) electrons. The van der Waals surface area contributed by atoms with Gasteiger partial charge in [-0.3, -0.25) is 4.79 Å². The van der Waals surface area contributed by atoms with Crippen molar-refractivity contribution >= 4 is 31.7 Å². The van der Waals surface area contributed by atoms with Gasteiger partial charge in [-0.2, -0.15) is 8.78 Å². The first-order valence-electron chi connectivity index (χ1n) is 8.08. The number of carbonyl (C=O) groups is 1. The summed E-state index contributed by atoms with van der Waals surface area (Å²) in [6.07, 6.45) is 0.421. The Morgan fingerprint density at radius 1 is 1.22 bits per heavy atom. The third kappa shape index (κ3) is 5.74. The molecule has 0 saturated carbocycles. The fourth-order valence-corrected chi connectivity index (χ4v) is 4.42. The SMILES string of the molecule is CCCS(=O)(=O)c1ccccc1C(=O)NCc1cc(Br)ccc1OC(F)F. The molecule has 0 spiro atoms. The molecule has 27 heavy (non-hydrogen) atoms. The van der Waals surface area contributed by atoms with E-state index >= 15 is 0 Å². The molecule has 146 valence electrons. The molecular weight excluding hydrogens is 444 g/mol. The van der Waals surface area contributed by atoms with Crippen LogP contribution in [0.4, 0.5) is 8.78 Å². The number of hydrogen-bond donors (Lipinski definition) is 1. The number of alkyl halides is 2. The van der Waals surface area contributed by atoms with Crippen LogP contribution in [-0.2, 0) is 16.4 Å². The Morgan fingerprint density at radius 2 is 1.93 bits per heavy atom. The highest BCUT2D eigenvalue weighted by molar-refractivity contribution is 9.10. The number of carbonyl (C=O) groups excluding carboxylic acids is 1. The summed E-state index contributed by atoms with van der Waals surface area (Å²) in [6, 6.07) is 10.3. The van der Waals surface area contributed by atoms with Crippen molar-refractivity contribution in [2.24, 2.45) is 0 Å². The first kappa shape index (κ1) is 21.3. The van der Waals surface area contributed by atoms with Crippen molar-refractivity contribution in [3.63, 3.8) is 0 Å². The number of benzene rings is 2. The molecule has 0 aliphatic heterocycles. The summed E-state index contributed by atoms with van der Waals surface area (Å²) in [5, 5.41) is 2.56. The van der Waals surface area contributed by atoms with Gasteiger partial charge < -0.3 is 10.1 Å². The number of sulfone groups is 1. The number of halogens is 3. The molecule has 0 saturated heterocycles. The van der Waals surface area contributed by atoms with E-state index in [-0.39, 0.29) is 28.5 Å². The predicted molar refractivity (Wildman–Crippen MR) is 101 cm³/mol. The lowest BCUT2D eigenvalue weighted by Crippen LogP contribution is -2.25. The minimum atomic E-state index is -3.59. The fourth-order valence-electron chi connectivity index (χ4n) is 2.47. The topological polar surface area (TPSA) is 72.5 Å². The van der Waals surface area contributed by atoms with Crippen LogP contribution < -0.4 is 10.1 Å². The molecule has 0 aromatic heterocycles. The monoisotopic (exact) mass is 461 g/mol. The molecule has 0 heterocycles. The van der Waals surface area contributed by atoms with E-state index in [1.54, 1.807) is 19.1 Å². The van der Waals surface area contributed by atoms with E-state index in [0.29, 0.717) is 16.5 Å². The minimum absolute atomic E-state index is 0.0114. The Bertz CT molecular complexity index is 919. The van der Waals surface area contributed by atoms with Crippen molar-refractivity contribution in [2.45, 2.75) is 31.4 Å². The smallest absolute Gasteiger partial charge is 0.387 e. The van der Waals surface area contributed by atoms with Crippen LogP contribution in [0.15, 0.2) is 51.8 Å². The standard InChI is InChI=1S/C18H18BrF2NO4S/c1-2-9-27(24,25)16-6-4-3-5-14(16)17(23)22-11-12-10-13(19)7-8-15(12)26-18(20)21/h3-8,10,18H,2,9,11H2,1H3,(H,22,23). The molecule has 0 aliphatic carbocycles. The van der Waals surface area contributed by atoms with Crippen LogP contribution in [0.3, 0.4) is 0 Å². The van der Waals surface area contributed by atoms with Gasteiger partial charge in [-0.15, -0.1) is 0 Å². The zero-order valence-corrected chi connectivity index (χ0v) is 16.8. The van der Waals surface area contributed by atoms with E-state index in [2.05, 4.69) is 26.0 Å². The van der Waals surface area contributed by atoms with Crippen molar-refractivity contribution in [1.82, 2.24) is 5.32 Å². The second-order valence-electron chi connectivity index (χ2n) is 5.63. The molecule has 2 rings (SSSR count). The Kier molecular flexibility index (Phi) is 7.32. The summed E-state index contributed by atoms with van der Waals surface area (Å²) in [5.41, 5.74) is 0.337. The number of ether oxygens (including phenoxy) is 1. The number of nitrogens with one attached hydrogen (secondary N) is 1. The lowest BCUT2D eigenvalue weighted by atomic mass is 10.1. The maximum atomic E-state index is 12.5. The lowest BCUT2D eigenvalue weighted by molar-refractivity contribution is -0.0504. The average Bonchev–Trinajstić information content (AvgIpc) is 2.61. The quantitative estimate of drug-likeness (QED) is 0.640. The summed E-state index contributed by atoms with van der Waals surface area (Å²) in [7, 11) is -3.59. The van der Waals surface area contributed by atoms with E-state index in [9.17, 15) is 22.0 Å². The molecule has 9 heteroatoms. The van der Waals surface area contributed by atoms with E-state index < -0.39 is 22.4 Å². The van der Waals surface area contributed by atoms with Crippen LogP contribution in [0.25, 0.3) is 0 Å². The van der Waals surface area contributed by atoms with Gasteiger partial charge >= 0.3 is 6.61 Å². The Labute approximate surface area is 164 Å². The Hall–Kier alpha value is -2.00. The largest absolute Gasteiger partial charge is 0.434 e. The van der Waals surface area contributed by atoms with Gasteiger partial charge in [0.1, 0.15) is 5.75 Å². The van der Waals surface area contributed by atoms with Gasteiger partial charge in [-0.1, -0.05) is 35.0 Å². The van der Waals surface area contributed by atoms with Gasteiger partial charge in [0, 0.05) is 16.6 Å². The van der Waals surface area contributed by atoms with Gasteiger partial charge in [-0.25, -0.2) is 8.42 Å².